The number of ether oxygens (including phenoxy) is 1. The van der Waals surface area contributed by atoms with Crippen molar-refractivity contribution < 1.29 is 14.6 Å². The first-order valence-electron chi connectivity index (χ1n) is 14.8. The molecular formula is C31H37ClN6O3. The molecule has 5 heterocycles. The average molecular weight is 577 g/mol. The van der Waals surface area contributed by atoms with Crippen molar-refractivity contribution in [3.05, 3.63) is 52.7 Å². The Morgan fingerprint density at radius 2 is 1.95 bits per heavy atom. The van der Waals surface area contributed by atoms with Gasteiger partial charge in [-0.2, -0.15) is 9.97 Å². The molecule has 7 rings (SSSR count). The van der Waals surface area contributed by atoms with E-state index in [4.69, 9.17) is 26.3 Å². The molecule has 2 bridgehead atoms. The number of carbonyl (C=O) groups is 1. The summed E-state index contributed by atoms with van der Waals surface area (Å²) in [7, 11) is 2.15. The minimum Gasteiger partial charge on any atom is -0.465 e. The summed E-state index contributed by atoms with van der Waals surface area (Å²) >= 11 is 6.70. The molecule has 10 heteroatoms. The number of carboxylic acid groups (broad SMARTS) is 1. The van der Waals surface area contributed by atoms with Crippen LogP contribution in [0.4, 0.5) is 16.3 Å². The van der Waals surface area contributed by atoms with E-state index in [0.717, 1.165) is 70.9 Å². The van der Waals surface area contributed by atoms with Crippen LogP contribution in [0.3, 0.4) is 0 Å². The lowest BCUT2D eigenvalue weighted by molar-refractivity contribution is 0.110. The number of hydrogen-bond acceptors (Lipinski definition) is 7. The predicted octanol–water partition coefficient (Wildman–Crippen LogP) is 4.90. The zero-order chi connectivity index (χ0) is 28.2. The Labute approximate surface area is 245 Å². The van der Waals surface area contributed by atoms with Crippen LogP contribution in [0, 0.1) is 5.92 Å². The Morgan fingerprint density at radius 1 is 1.12 bits per heavy atom. The smallest absolute Gasteiger partial charge is 0.407 e. The summed E-state index contributed by atoms with van der Waals surface area (Å²) in [6, 6.07) is 13.1. The molecule has 3 aromatic rings. The molecule has 4 aliphatic heterocycles. The number of nitrogens with zero attached hydrogens (tertiary/aromatic N) is 6. The van der Waals surface area contributed by atoms with Gasteiger partial charge in [-0.15, -0.1) is 0 Å². The number of amides is 1. The third-order valence-corrected chi connectivity index (χ3v) is 10.00. The van der Waals surface area contributed by atoms with Gasteiger partial charge in [-0.25, -0.2) is 4.79 Å². The second kappa shape index (κ2) is 10.5. The van der Waals surface area contributed by atoms with E-state index < -0.39 is 6.09 Å². The van der Waals surface area contributed by atoms with Gasteiger partial charge in [0.25, 0.3) is 0 Å². The van der Waals surface area contributed by atoms with E-state index in [-0.39, 0.29) is 12.1 Å². The molecule has 9 nitrogen and oxygen atoms in total. The summed E-state index contributed by atoms with van der Waals surface area (Å²) in [5.74, 6) is 1.23. The highest BCUT2D eigenvalue weighted by Crippen LogP contribution is 2.40. The van der Waals surface area contributed by atoms with E-state index in [0.29, 0.717) is 44.2 Å². The lowest BCUT2D eigenvalue weighted by Crippen LogP contribution is -2.56. The average Bonchev–Trinajstić information content (AvgIpc) is 3.47. The first-order chi connectivity index (χ1) is 19.9. The number of hydrogen-bond donors (Lipinski definition) is 1. The summed E-state index contributed by atoms with van der Waals surface area (Å²) in [5, 5.41) is 12.8. The van der Waals surface area contributed by atoms with Crippen molar-refractivity contribution in [3.63, 3.8) is 0 Å². The number of benzene rings is 2. The highest BCUT2D eigenvalue weighted by molar-refractivity contribution is 6.36. The molecule has 0 saturated carbocycles. The molecule has 3 fully saturated rings. The lowest BCUT2D eigenvalue weighted by Gasteiger charge is -2.42. The molecule has 2 aromatic carbocycles. The monoisotopic (exact) mass is 576 g/mol. The third-order valence-electron chi connectivity index (χ3n) is 9.68. The van der Waals surface area contributed by atoms with Crippen molar-refractivity contribution in [1.29, 1.82) is 0 Å². The van der Waals surface area contributed by atoms with Crippen molar-refractivity contribution in [2.45, 2.75) is 57.3 Å². The molecular weight excluding hydrogens is 540 g/mol. The number of likely N-dealkylation sites (tertiary alicyclic amines) is 1. The number of rotatable bonds is 5. The number of fused-ring (bicyclic) bond motifs is 4. The molecule has 4 atom stereocenters. The summed E-state index contributed by atoms with van der Waals surface area (Å²) in [4.78, 5) is 30.7. The highest BCUT2D eigenvalue weighted by atomic mass is 35.5. The maximum Gasteiger partial charge on any atom is 0.407 e. The van der Waals surface area contributed by atoms with Crippen molar-refractivity contribution >= 4 is 40.0 Å². The minimum atomic E-state index is -0.817. The first kappa shape index (κ1) is 26.6. The number of anilines is 2. The summed E-state index contributed by atoms with van der Waals surface area (Å²) in [5.41, 5.74) is 3.23. The predicted molar refractivity (Wildman–Crippen MR) is 160 cm³/mol. The summed E-state index contributed by atoms with van der Waals surface area (Å²) in [6.45, 7) is 6.55. The normalized spacial score (nSPS) is 26.1. The Morgan fingerprint density at radius 3 is 2.71 bits per heavy atom. The fourth-order valence-corrected chi connectivity index (χ4v) is 7.80. The summed E-state index contributed by atoms with van der Waals surface area (Å²) in [6.07, 6.45) is 3.15. The molecule has 216 valence electrons. The fourth-order valence-electron chi connectivity index (χ4n) is 7.52. The number of aromatic nitrogens is 2. The van der Waals surface area contributed by atoms with Gasteiger partial charge in [-0.3, -0.25) is 4.90 Å². The van der Waals surface area contributed by atoms with Gasteiger partial charge in [-0.1, -0.05) is 42.8 Å². The van der Waals surface area contributed by atoms with Gasteiger partial charge in [0.1, 0.15) is 12.4 Å². The van der Waals surface area contributed by atoms with E-state index in [2.05, 4.69) is 52.9 Å². The van der Waals surface area contributed by atoms with Crippen LogP contribution in [0.2, 0.25) is 5.02 Å². The quantitative estimate of drug-likeness (QED) is 0.459. The van der Waals surface area contributed by atoms with E-state index in [1.807, 2.05) is 12.1 Å². The molecule has 41 heavy (non-hydrogen) atoms. The molecule has 0 spiro atoms. The van der Waals surface area contributed by atoms with Gasteiger partial charge >= 0.3 is 12.1 Å². The number of halogens is 1. The molecule has 1 N–H and O–H groups in total. The van der Waals surface area contributed by atoms with Gasteiger partial charge in [0.05, 0.1) is 29.3 Å². The number of likely N-dealkylation sites (N-methyl/N-ethyl adjacent to an activating group) is 1. The van der Waals surface area contributed by atoms with Crippen LogP contribution in [-0.4, -0.2) is 88.9 Å². The SMILES string of the molecule is C[C@@H]1C[C@@H]2CN(c3nc(OCC4CCCN4C)nc4c3CCN(c3cccc5cccc(Cl)c35)C4)C[C@H]1N2C(=O)O. The maximum absolute atomic E-state index is 12.1. The largest absolute Gasteiger partial charge is 0.465 e. The van der Waals surface area contributed by atoms with Crippen LogP contribution >= 0.6 is 11.6 Å². The zero-order valence-electron chi connectivity index (χ0n) is 23.7. The second-order valence-electron chi connectivity index (χ2n) is 12.2. The molecule has 0 radical (unpaired) electrons. The van der Waals surface area contributed by atoms with E-state index in [1.54, 1.807) is 4.90 Å². The van der Waals surface area contributed by atoms with Gasteiger partial charge in [0, 0.05) is 42.3 Å². The van der Waals surface area contributed by atoms with Gasteiger partial charge in [0.2, 0.25) is 0 Å². The highest BCUT2D eigenvalue weighted by Gasteiger charge is 2.47. The standard InChI is InChI=1S/C31H37ClN6O3/c1-19-14-22-15-37(17-27(19)38(22)31(39)40)29-23-11-13-36(26-10-4-7-20-6-3-9-24(32)28(20)26)16-25(23)33-30(34-29)41-18-21-8-5-12-35(21)2/h3-4,6-7,9-10,19,21-22,27H,5,8,11-18H2,1-2H3,(H,39,40)/t19-,21?,22-,27-/m1/s1. The molecule has 1 amide bonds. The molecule has 1 unspecified atom stereocenters. The fraction of sp³-hybridized carbons (Fsp3) is 0.516. The summed E-state index contributed by atoms with van der Waals surface area (Å²) < 4.78 is 6.30. The Balaban J connectivity index is 1.23. The molecule has 0 aliphatic carbocycles. The Kier molecular flexibility index (Phi) is 6.82. The second-order valence-corrected chi connectivity index (χ2v) is 12.6. The first-order valence-corrected chi connectivity index (χ1v) is 15.2. The van der Waals surface area contributed by atoms with E-state index in [1.165, 1.54) is 6.42 Å². The maximum atomic E-state index is 12.1. The van der Waals surface area contributed by atoms with E-state index in [9.17, 15) is 9.90 Å². The van der Waals surface area contributed by atoms with Crippen molar-refractivity contribution in [3.8, 4) is 6.01 Å². The van der Waals surface area contributed by atoms with Gasteiger partial charge < -0.3 is 24.5 Å². The topological polar surface area (TPSA) is 85.3 Å². The van der Waals surface area contributed by atoms with Crippen LogP contribution in [0.5, 0.6) is 6.01 Å². The minimum absolute atomic E-state index is 0.0266. The van der Waals surface area contributed by atoms with Crippen LogP contribution in [0.25, 0.3) is 10.8 Å². The van der Waals surface area contributed by atoms with Crippen molar-refractivity contribution in [2.75, 3.05) is 49.6 Å². The molecule has 1 aromatic heterocycles. The van der Waals surface area contributed by atoms with Crippen molar-refractivity contribution in [1.82, 2.24) is 19.8 Å². The Hall–Kier alpha value is -3.30. The van der Waals surface area contributed by atoms with Crippen molar-refractivity contribution in [2.24, 2.45) is 5.92 Å². The van der Waals surface area contributed by atoms with Crippen LogP contribution in [0.15, 0.2) is 36.4 Å². The Bertz CT molecular complexity index is 1480. The van der Waals surface area contributed by atoms with Crippen LogP contribution in [0.1, 0.15) is 37.4 Å². The number of piperazine rings is 1. The van der Waals surface area contributed by atoms with Crippen LogP contribution < -0.4 is 14.5 Å². The van der Waals surface area contributed by atoms with Gasteiger partial charge in [0.15, 0.2) is 0 Å². The zero-order valence-corrected chi connectivity index (χ0v) is 24.4. The van der Waals surface area contributed by atoms with Crippen LogP contribution in [-0.2, 0) is 13.0 Å². The lowest BCUT2D eigenvalue weighted by atomic mass is 10.0. The molecule has 4 aliphatic rings. The van der Waals surface area contributed by atoms with E-state index >= 15 is 0 Å². The third kappa shape index (κ3) is 4.73. The van der Waals surface area contributed by atoms with Gasteiger partial charge in [-0.05, 0) is 62.7 Å². The molecule has 3 saturated heterocycles.